The molecular weight excluding hydrogens is 410 g/mol. The van der Waals surface area contributed by atoms with Gasteiger partial charge in [-0.05, 0) is 48.9 Å². The van der Waals surface area contributed by atoms with Crippen LogP contribution in [0.4, 0.5) is 0 Å². The highest BCUT2D eigenvalue weighted by Gasteiger charge is 2.21. The molecule has 0 radical (unpaired) electrons. The van der Waals surface area contributed by atoms with E-state index in [4.69, 9.17) is 15.9 Å². The number of carbonyl (C=O) groups is 1. The number of ether oxygens (including phenoxy) is 1. The second-order valence-electron chi connectivity index (χ2n) is 5.78. The molecule has 0 aliphatic rings. The Morgan fingerprint density at radius 3 is 2.18 bits per heavy atom. The Balaban J connectivity index is 2.45. The zero-order valence-corrected chi connectivity index (χ0v) is 16.4. The van der Waals surface area contributed by atoms with E-state index in [0.29, 0.717) is 5.56 Å². The summed E-state index contributed by atoms with van der Waals surface area (Å²) in [6.07, 6.45) is 0.916. The average Bonchev–Trinajstić information content (AvgIpc) is 2.52. The smallest absolute Gasteiger partial charge is 0.335 e. The molecule has 0 aromatic heterocycles. The zero-order valence-electron chi connectivity index (χ0n) is 14.8. The molecule has 2 rings (SSSR count). The van der Waals surface area contributed by atoms with Crippen LogP contribution in [0.1, 0.15) is 15.9 Å². The highest BCUT2D eigenvalue weighted by molar-refractivity contribution is 7.91. The molecule has 0 heterocycles. The quantitative estimate of drug-likeness (QED) is 0.390. The van der Waals surface area contributed by atoms with E-state index in [-0.39, 0.29) is 26.9 Å². The molecular formula is C16H17N3O7S2. The Bertz CT molecular complexity index is 1160. The van der Waals surface area contributed by atoms with Gasteiger partial charge in [0.25, 0.3) is 10.0 Å². The number of benzene rings is 2. The monoisotopic (exact) mass is 427 g/mol. The number of sulfone groups is 1. The number of guanidine groups is 1. The summed E-state index contributed by atoms with van der Waals surface area (Å²) in [6, 6.07) is 7.21. The average molecular weight is 427 g/mol. The van der Waals surface area contributed by atoms with Gasteiger partial charge in [-0.15, -0.1) is 0 Å². The lowest BCUT2D eigenvalue weighted by atomic mass is 10.1. The predicted molar refractivity (Wildman–Crippen MR) is 100.0 cm³/mol. The SMILES string of the molecule is Cc1cc(Oc2ccc(S(=O)(=O)NC(=N)N)cc2)c(S(C)(=O)=O)cc1C(=O)O. The molecule has 0 unspecified atom stereocenters. The first-order valence-corrected chi connectivity index (χ1v) is 10.9. The number of carboxylic acids is 1. The topological polar surface area (TPSA) is 177 Å². The van der Waals surface area contributed by atoms with Crippen molar-refractivity contribution in [3.8, 4) is 11.5 Å². The van der Waals surface area contributed by atoms with Gasteiger partial charge in [0.2, 0.25) is 0 Å². The molecule has 0 bridgehead atoms. The summed E-state index contributed by atoms with van der Waals surface area (Å²) in [7, 11) is -7.82. The van der Waals surface area contributed by atoms with Gasteiger partial charge in [0.05, 0.1) is 10.5 Å². The van der Waals surface area contributed by atoms with E-state index < -0.39 is 31.8 Å². The van der Waals surface area contributed by atoms with Crippen LogP contribution in [0.2, 0.25) is 0 Å². The van der Waals surface area contributed by atoms with Crippen molar-refractivity contribution >= 4 is 31.8 Å². The van der Waals surface area contributed by atoms with E-state index in [1.165, 1.54) is 37.3 Å². The normalized spacial score (nSPS) is 11.6. The summed E-state index contributed by atoms with van der Waals surface area (Å²) in [4.78, 5) is 10.8. The van der Waals surface area contributed by atoms with E-state index in [0.717, 1.165) is 12.3 Å². The second kappa shape index (κ2) is 7.48. The van der Waals surface area contributed by atoms with Crippen molar-refractivity contribution in [1.29, 1.82) is 5.41 Å². The largest absolute Gasteiger partial charge is 0.478 e. The second-order valence-corrected chi connectivity index (χ2v) is 9.45. The molecule has 150 valence electrons. The van der Waals surface area contributed by atoms with Gasteiger partial charge >= 0.3 is 5.97 Å². The van der Waals surface area contributed by atoms with Crippen LogP contribution in [-0.2, 0) is 19.9 Å². The lowest BCUT2D eigenvalue weighted by molar-refractivity contribution is 0.0695. The summed E-state index contributed by atoms with van der Waals surface area (Å²) >= 11 is 0. The molecule has 5 N–H and O–H groups in total. The van der Waals surface area contributed by atoms with Gasteiger partial charge in [-0.3, -0.25) is 5.41 Å². The molecule has 10 nitrogen and oxygen atoms in total. The van der Waals surface area contributed by atoms with Gasteiger partial charge in [0, 0.05) is 6.26 Å². The highest BCUT2D eigenvalue weighted by Crippen LogP contribution is 2.32. The van der Waals surface area contributed by atoms with Gasteiger partial charge in [-0.25, -0.2) is 26.4 Å². The van der Waals surface area contributed by atoms with Gasteiger partial charge < -0.3 is 15.6 Å². The summed E-state index contributed by atoms with van der Waals surface area (Å²) in [5.41, 5.74) is 5.14. The standard InChI is InChI=1S/C16H17N3O7S2/c1-9-7-13(14(27(2,22)23)8-12(9)15(20)21)26-10-3-5-11(6-4-10)28(24,25)19-16(17)18/h3-8H,1-2H3,(H,20,21)(H4,17,18,19). The minimum absolute atomic E-state index is 0.0949. The molecule has 0 aliphatic carbocycles. The summed E-state index contributed by atoms with van der Waals surface area (Å²) in [5, 5.41) is 16.2. The fraction of sp³-hybridized carbons (Fsp3) is 0.125. The number of sulfonamides is 1. The fourth-order valence-electron chi connectivity index (χ4n) is 2.28. The van der Waals surface area contributed by atoms with Gasteiger partial charge in [-0.2, -0.15) is 0 Å². The van der Waals surface area contributed by atoms with E-state index >= 15 is 0 Å². The summed E-state index contributed by atoms with van der Waals surface area (Å²) in [5.74, 6) is -2.00. The van der Waals surface area contributed by atoms with Crippen LogP contribution < -0.4 is 15.2 Å². The minimum atomic E-state index is -4.02. The number of nitrogens with two attached hydrogens (primary N) is 1. The summed E-state index contributed by atoms with van der Waals surface area (Å²) < 4.78 is 55.3. The molecule has 28 heavy (non-hydrogen) atoms. The van der Waals surface area contributed by atoms with Crippen molar-refractivity contribution in [2.75, 3.05) is 6.26 Å². The fourth-order valence-corrected chi connectivity index (χ4v) is 3.98. The maximum absolute atomic E-state index is 12.0. The van der Waals surface area contributed by atoms with Crippen molar-refractivity contribution in [1.82, 2.24) is 4.72 Å². The molecule has 12 heteroatoms. The number of nitrogens with one attached hydrogen (secondary N) is 2. The minimum Gasteiger partial charge on any atom is -0.478 e. The molecule has 0 atom stereocenters. The van der Waals surface area contributed by atoms with Crippen molar-refractivity contribution in [3.05, 3.63) is 47.5 Å². The Morgan fingerprint density at radius 2 is 1.71 bits per heavy atom. The molecule has 2 aromatic rings. The number of rotatable bonds is 6. The molecule has 0 saturated heterocycles. The maximum Gasteiger partial charge on any atom is 0.335 e. The van der Waals surface area contributed by atoms with Crippen molar-refractivity contribution in [3.63, 3.8) is 0 Å². The van der Waals surface area contributed by atoms with Crippen LogP contribution >= 0.6 is 0 Å². The van der Waals surface area contributed by atoms with Gasteiger partial charge in [0.1, 0.15) is 16.4 Å². The Hall–Kier alpha value is -3.12. The third-order valence-electron chi connectivity index (χ3n) is 3.53. The van der Waals surface area contributed by atoms with Gasteiger partial charge in [-0.1, -0.05) is 0 Å². The third-order valence-corrected chi connectivity index (χ3v) is 6.03. The van der Waals surface area contributed by atoms with E-state index in [2.05, 4.69) is 0 Å². The van der Waals surface area contributed by atoms with Gasteiger partial charge in [0.15, 0.2) is 15.8 Å². The Labute approximate surface area is 161 Å². The zero-order chi connectivity index (χ0) is 21.3. The van der Waals surface area contributed by atoms with Crippen molar-refractivity contribution in [2.45, 2.75) is 16.7 Å². The first kappa shape index (κ1) is 21.2. The first-order chi connectivity index (χ1) is 12.8. The number of hydrogen-bond acceptors (Lipinski definition) is 7. The maximum atomic E-state index is 12.0. The summed E-state index contributed by atoms with van der Waals surface area (Å²) in [6.45, 7) is 1.49. The van der Waals surface area contributed by atoms with Crippen LogP contribution in [0.5, 0.6) is 11.5 Å². The van der Waals surface area contributed by atoms with E-state index in [1.54, 1.807) is 0 Å². The molecule has 0 fully saturated rings. The van der Waals surface area contributed by atoms with Crippen molar-refractivity contribution < 1.29 is 31.5 Å². The highest BCUT2D eigenvalue weighted by atomic mass is 32.2. The first-order valence-electron chi connectivity index (χ1n) is 7.54. The van der Waals surface area contributed by atoms with Crippen LogP contribution in [0.25, 0.3) is 0 Å². The third kappa shape index (κ3) is 4.78. The molecule has 2 aromatic carbocycles. The molecule has 0 aliphatic heterocycles. The number of aryl methyl sites for hydroxylation is 1. The molecule has 0 spiro atoms. The number of aromatic carboxylic acids is 1. The molecule has 0 amide bonds. The Morgan fingerprint density at radius 1 is 1.14 bits per heavy atom. The lowest BCUT2D eigenvalue weighted by Gasteiger charge is -2.13. The van der Waals surface area contributed by atoms with E-state index in [9.17, 15) is 26.7 Å². The predicted octanol–water partition coefficient (Wildman–Crippen LogP) is 1.06. The van der Waals surface area contributed by atoms with Crippen LogP contribution in [0, 0.1) is 12.3 Å². The number of hydrogen-bond donors (Lipinski definition) is 4. The number of carboxylic acid groups (broad SMARTS) is 1. The lowest BCUT2D eigenvalue weighted by Crippen LogP contribution is -2.35. The van der Waals surface area contributed by atoms with Crippen LogP contribution in [-0.4, -0.2) is 40.1 Å². The Kier molecular flexibility index (Phi) is 5.66. The van der Waals surface area contributed by atoms with Crippen molar-refractivity contribution in [2.24, 2.45) is 5.73 Å². The van der Waals surface area contributed by atoms with Crippen LogP contribution in [0.15, 0.2) is 46.2 Å². The van der Waals surface area contributed by atoms with E-state index in [1.807, 2.05) is 4.72 Å². The molecule has 0 saturated carbocycles. The van der Waals surface area contributed by atoms with Crippen LogP contribution in [0.3, 0.4) is 0 Å².